The van der Waals surface area contributed by atoms with E-state index in [1.807, 2.05) is 60.7 Å². The summed E-state index contributed by atoms with van der Waals surface area (Å²) in [4.78, 5) is 54.3. The molecule has 0 bridgehead atoms. The Morgan fingerprint density at radius 3 is 1.91 bits per heavy atom. The molecule has 4 atom stereocenters. The first-order valence-corrected chi connectivity index (χ1v) is 11.7. The van der Waals surface area contributed by atoms with E-state index in [9.17, 15) is 19.2 Å². The summed E-state index contributed by atoms with van der Waals surface area (Å²) in [5.41, 5.74) is 1.77. The predicted molar refractivity (Wildman–Crippen MR) is 126 cm³/mol. The highest BCUT2D eigenvalue weighted by atomic mass is 16.2. The molecule has 8 heteroatoms. The number of fused-ring (bicyclic) bond motifs is 1. The fourth-order valence-electron chi connectivity index (χ4n) is 4.56. The molecule has 2 heterocycles. The molecule has 0 radical (unpaired) electrons. The number of carbonyl (C=O) groups is 4. The number of hydrogen-bond acceptors (Lipinski definition) is 4. The average molecular weight is 463 g/mol. The van der Waals surface area contributed by atoms with Crippen LogP contribution in [0.15, 0.2) is 60.7 Å². The van der Waals surface area contributed by atoms with Gasteiger partial charge in [0.15, 0.2) is 0 Å². The van der Waals surface area contributed by atoms with Crippen molar-refractivity contribution in [2.45, 2.75) is 56.8 Å². The summed E-state index contributed by atoms with van der Waals surface area (Å²) in [6.07, 6.45) is 1.76. The second kappa shape index (κ2) is 10.5. The lowest BCUT2D eigenvalue weighted by atomic mass is 10.0. The van der Waals surface area contributed by atoms with Crippen LogP contribution in [0.4, 0.5) is 0 Å². The number of amides is 4. The number of hydrogen-bond donors (Lipinski definition) is 3. The smallest absolute Gasteiger partial charge is 0.246 e. The molecule has 2 fully saturated rings. The molecule has 3 N–H and O–H groups in total. The molecule has 4 rings (SSSR count). The number of rotatable bonds is 4. The Kier molecular flexibility index (Phi) is 7.25. The van der Waals surface area contributed by atoms with E-state index in [-0.39, 0.29) is 18.2 Å². The third-order valence-corrected chi connectivity index (χ3v) is 6.40. The molecule has 4 amide bonds. The van der Waals surface area contributed by atoms with Gasteiger partial charge in [-0.1, -0.05) is 60.7 Å². The van der Waals surface area contributed by atoms with Gasteiger partial charge in [0, 0.05) is 19.4 Å². The van der Waals surface area contributed by atoms with Gasteiger partial charge in [-0.2, -0.15) is 0 Å². The molecule has 2 aliphatic rings. The summed E-state index contributed by atoms with van der Waals surface area (Å²) < 4.78 is 0. The van der Waals surface area contributed by atoms with Gasteiger partial charge in [0.1, 0.15) is 24.2 Å². The minimum Gasteiger partial charge on any atom is -0.343 e. The lowest BCUT2D eigenvalue weighted by Gasteiger charge is -2.32. The lowest BCUT2D eigenvalue weighted by molar-refractivity contribution is -0.143. The van der Waals surface area contributed by atoms with E-state index in [0.29, 0.717) is 25.8 Å². The molecule has 178 valence electrons. The van der Waals surface area contributed by atoms with E-state index in [4.69, 9.17) is 0 Å². The predicted octanol–water partition coefficient (Wildman–Crippen LogP) is 0.951. The van der Waals surface area contributed by atoms with Crippen LogP contribution < -0.4 is 16.0 Å². The molecule has 0 spiro atoms. The maximum atomic E-state index is 13.6. The summed E-state index contributed by atoms with van der Waals surface area (Å²) >= 11 is 0. The SMILES string of the molecule is C[C@@H]1NC(=O)[C@H]2CCCN2C(=O)[C@H](Cc2ccccc2)NC(=O)[C@H](Cc2ccccc2)NC1=O. The molecule has 0 aliphatic carbocycles. The van der Waals surface area contributed by atoms with E-state index in [0.717, 1.165) is 11.1 Å². The molecule has 2 aliphatic heterocycles. The number of carbonyl (C=O) groups excluding carboxylic acids is 4. The van der Waals surface area contributed by atoms with Crippen LogP contribution in [0.3, 0.4) is 0 Å². The Morgan fingerprint density at radius 1 is 0.735 bits per heavy atom. The molecule has 2 aromatic rings. The molecule has 34 heavy (non-hydrogen) atoms. The molecule has 2 saturated heterocycles. The van der Waals surface area contributed by atoms with E-state index < -0.39 is 36.0 Å². The van der Waals surface area contributed by atoms with Crippen molar-refractivity contribution in [3.8, 4) is 0 Å². The van der Waals surface area contributed by atoms with Crippen molar-refractivity contribution in [1.82, 2.24) is 20.9 Å². The zero-order valence-corrected chi connectivity index (χ0v) is 19.2. The van der Waals surface area contributed by atoms with Crippen LogP contribution in [-0.4, -0.2) is 59.2 Å². The molecule has 8 nitrogen and oxygen atoms in total. The summed E-state index contributed by atoms with van der Waals surface area (Å²) in [5, 5.41) is 8.39. The standard InChI is InChI=1S/C26H30N4O4/c1-17-23(31)28-20(15-18-9-4-2-5-10-18)24(32)29-21(16-19-11-6-3-7-12-19)26(34)30-14-8-13-22(30)25(33)27-17/h2-7,9-12,17,20-22H,8,13-16H2,1H3,(H,27,33)(H,28,31)(H,29,32)/t17-,20-,21-,22+/m0/s1. The van der Waals surface area contributed by atoms with E-state index >= 15 is 0 Å². The maximum absolute atomic E-state index is 13.6. The Morgan fingerprint density at radius 2 is 1.29 bits per heavy atom. The summed E-state index contributed by atoms with van der Waals surface area (Å²) in [6.45, 7) is 2.02. The number of nitrogens with one attached hydrogen (secondary N) is 3. The molecular weight excluding hydrogens is 432 g/mol. The van der Waals surface area contributed by atoms with E-state index in [1.54, 1.807) is 11.8 Å². The third-order valence-electron chi connectivity index (χ3n) is 6.40. The average Bonchev–Trinajstić information content (AvgIpc) is 3.33. The fourth-order valence-corrected chi connectivity index (χ4v) is 4.56. The molecule has 2 aromatic carbocycles. The van der Waals surface area contributed by atoms with Crippen molar-refractivity contribution in [3.63, 3.8) is 0 Å². The summed E-state index contributed by atoms with van der Waals surface area (Å²) in [6, 6.07) is 15.6. The normalized spacial score (nSPS) is 26.0. The number of nitrogens with zero attached hydrogens (tertiary/aromatic N) is 1. The minimum atomic E-state index is -0.894. The monoisotopic (exact) mass is 462 g/mol. The number of benzene rings is 2. The lowest BCUT2D eigenvalue weighted by Crippen LogP contribution is -2.61. The van der Waals surface area contributed by atoms with Gasteiger partial charge in [-0.3, -0.25) is 19.2 Å². The zero-order chi connectivity index (χ0) is 24.1. The van der Waals surface area contributed by atoms with Crippen LogP contribution in [0.5, 0.6) is 0 Å². The van der Waals surface area contributed by atoms with Crippen LogP contribution in [0.25, 0.3) is 0 Å². The first kappa shape index (κ1) is 23.5. The van der Waals surface area contributed by atoms with Crippen molar-refractivity contribution >= 4 is 23.6 Å². The topological polar surface area (TPSA) is 108 Å². The minimum absolute atomic E-state index is 0.262. The highest BCUT2D eigenvalue weighted by Gasteiger charge is 2.40. The second-order valence-corrected chi connectivity index (χ2v) is 8.92. The summed E-state index contributed by atoms with van der Waals surface area (Å²) in [7, 11) is 0. The van der Waals surface area contributed by atoms with Gasteiger partial charge >= 0.3 is 0 Å². The van der Waals surface area contributed by atoms with Crippen molar-refractivity contribution in [3.05, 3.63) is 71.8 Å². The first-order valence-electron chi connectivity index (χ1n) is 11.7. The van der Waals surface area contributed by atoms with Crippen molar-refractivity contribution in [2.24, 2.45) is 0 Å². The van der Waals surface area contributed by atoms with Gasteiger partial charge < -0.3 is 20.9 Å². The highest BCUT2D eigenvalue weighted by Crippen LogP contribution is 2.20. The third kappa shape index (κ3) is 5.44. The van der Waals surface area contributed by atoms with Crippen molar-refractivity contribution in [1.29, 1.82) is 0 Å². The van der Waals surface area contributed by atoms with Crippen molar-refractivity contribution < 1.29 is 19.2 Å². The van der Waals surface area contributed by atoms with Gasteiger partial charge in [0.25, 0.3) is 0 Å². The zero-order valence-electron chi connectivity index (χ0n) is 19.2. The maximum Gasteiger partial charge on any atom is 0.246 e. The summed E-state index contributed by atoms with van der Waals surface area (Å²) in [5.74, 6) is -1.51. The molecule has 0 saturated carbocycles. The van der Waals surface area contributed by atoms with Crippen molar-refractivity contribution in [2.75, 3.05) is 6.54 Å². The Bertz CT molecular complexity index is 1040. The molecular formula is C26H30N4O4. The molecule has 0 aromatic heterocycles. The van der Waals surface area contributed by atoms with Gasteiger partial charge in [-0.25, -0.2) is 0 Å². The fraction of sp³-hybridized carbons (Fsp3) is 0.385. The van der Waals surface area contributed by atoms with E-state index in [2.05, 4.69) is 16.0 Å². The van der Waals surface area contributed by atoms with Gasteiger partial charge in [0.2, 0.25) is 23.6 Å². The Balaban J connectivity index is 1.66. The Labute approximate surface area is 199 Å². The van der Waals surface area contributed by atoms with E-state index in [1.165, 1.54) is 0 Å². The van der Waals surface area contributed by atoms with Gasteiger partial charge in [-0.15, -0.1) is 0 Å². The van der Waals surface area contributed by atoms with Crippen LogP contribution in [0.1, 0.15) is 30.9 Å². The quantitative estimate of drug-likeness (QED) is 0.629. The first-order chi connectivity index (χ1) is 16.4. The Hall–Kier alpha value is -3.68. The largest absolute Gasteiger partial charge is 0.343 e. The van der Waals surface area contributed by atoms with Crippen LogP contribution in [-0.2, 0) is 32.0 Å². The van der Waals surface area contributed by atoms with Crippen LogP contribution in [0.2, 0.25) is 0 Å². The van der Waals surface area contributed by atoms with Gasteiger partial charge in [0.05, 0.1) is 0 Å². The highest BCUT2D eigenvalue weighted by molar-refractivity contribution is 5.97. The van der Waals surface area contributed by atoms with Crippen LogP contribution in [0, 0.1) is 0 Å². The van der Waals surface area contributed by atoms with Crippen LogP contribution >= 0.6 is 0 Å². The van der Waals surface area contributed by atoms with Gasteiger partial charge in [-0.05, 0) is 30.9 Å². The second-order valence-electron chi connectivity index (χ2n) is 8.92. The molecule has 0 unspecified atom stereocenters.